The number of amidine groups is 1. The number of nitrogens with zero attached hydrogens (tertiary/aromatic N) is 2. The molecule has 2 heterocycles. The van der Waals surface area contributed by atoms with Crippen molar-refractivity contribution in [3.63, 3.8) is 0 Å². The smallest absolute Gasteiger partial charge is 0.261 e. The number of aliphatic imine (C=N–C) groups is 2. The Morgan fingerprint density at radius 2 is 2.00 bits per heavy atom. The second-order valence-electron chi connectivity index (χ2n) is 5.68. The van der Waals surface area contributed by atoms with Gasteiger partial charge in [0.15, 0.2) is 0 Å². The van der Waals surface area contributed by atoms with E-state index in [1.165, 1.54) is 35.7 Å². The van der Waals surface area contributed by atoms with E-state index in [0.717, 1.165) is 15.5 Å². The van der Waals surface area contributed by atoms with Crippen LogP contribution >= 0.6 is 23.5 Å². The molecule has 1 aromatic carbocycles. The van der Waals surface area contributed by atoms with Crippen LogP contribution in [-0.4, -0.2) is 39.3 Å². The summed E-state index contributed by atoms with van der Waals surface area (Å²) in [6.07, 6.45) is 0. The molecule has 130 valence electrons. The number of carbonyl (C=O) groups excluding carboxylic acids is 2. The van der Waals surface area contributed by atoms with E-state index in [4.69, 9.17) is 0 Å². The number of phenolic OH excluding ortho intramolecular Hbond substituents is 1. The molecule has 0 bridgehead atoms. The van der Waals surface area contributed by atoms with Gasteiger partial charge in [0.2, 0.25) is 5.91 Å². The number of allylic oxidation sites excluding steroid dienone is 1. The van der Waals surface area contributed by atoms with Gasteiger partial charge in [0.05, 0.1) is 16.5 Å². The van der Waals surface area contributed by atoms with E-state index in [1.54, 1.807) is 12.1 Å². The average molecular weight is 375 g/mol. The van der Waals surface area contributed by atoms with E-state index in [0.29, 0.717) is 17.3 Å². The van der Waals surface area contributed by atoms with Gasteiger partial charge >= 0.3 is 0 Å². The lowest BCUT2D eigenvalue weighted by atomic mass is 10.0. The third-order valence-corrected chi connectivity index (χ3v) is 5.93. The van der Waals surface area contributed by atoms with Gasteiger partial charge in [0.1, 0.15) is 17.5 Å². The standard InChI is InChI=1S/C17H17N3O3S2/c1-9-10(2)25-17-15(9)16(23)19-13(20-17)7-24-8-14(22)18-11-3-5-12(21)6-4-11/h3-6,15,21H,7-8H2,1-2H3,(H,18,22). The van der Waals surface area contributed by atoms with Crippen molar-refractivity contribution in [1.29, 1.82) is 0 Å². The van der Waals surface area contributed by atoms with Gasteiger partial charge in [-0.3, -0.25) is 9.59 Å². The highest BCUT2D eigenvalue weighted by Gasteiger charge is 2.36. The first kappa shape index (κ1) is 17.8. The lowest BCUT2D eigenvalue weighted by Crippen LogP contribution is -2.26. The Morgan fingerprint density at radius 1 is 1.28 bits per heavy atom. The number of carbonyl (C=O) groups is 2. The molecule has 2 N–H and O–H groups in total. The minimum atomic E-state index is -0.309. The minimum absolute atomic E-state index is 0.148. The molecule has 0 radical (unpaired) electrons. The van der Waals surface area contributed by atoms with Crippen LogP contribution in [-0.2, 0) is 9.59 Å². The van der Waals surface area contributed by atoms with Crippen LogP contribution in [0.4, 0.5) is 5.69 Å². The van der Waals surface area contributed by atoms with Gasteiger partial charge in [0, 0.05) is 5.69 Å². The number of anilines is 1. The maximum absolute atomic E-state index is 12.2. The second-order valence-corrected chi connectivity index (χ2v) is 7.90. The van der Waals surface area contributed by atoms with Crippen molar-refractivity contribution in [1.82, 2.24) is 0 Å². The number of hydrogen-bond donors (Lipinski definition) is 2. The Hall–Kier alpha value is -2.06. The van der Waals surface area contributed by atoms with E-state index in [9.17, 15) is 14.7 Å². The molecule has 0 aliphatic carbocycles. The molecule has 0 saturated heterocycles. The first-order valence-corrected chi connectivity index (χ1v) is 9.63. The quantitative estimate of drug-likeness (QED) is 0.772. The van der Waals surface area contributed by atoms with Gasteiger partial charge in [-0.1, -0.05) is 11.8 Å². The van der Waals surface area contributed by atoms with E-state index < -0.39 is 0 Å². The van der Waals surface area contributed by atoms with Crippen LogP contribution in [0.2, 0.25) is 0 Å². The molecule has 6 nitrogen and oxygen atoms in total. The van der Waals surface area contributed by atoms with Crippen LogP contribution in [0, 0.1) is 5.92 Å². The summed E-state index contributed by atoms with van der Waals surface area (Å²) in [6.45, 7) is 3.92. The van der Waals surface area contributed by atoms with Crippen molar-refractivity contribution in [3.8, 4) is 5.75 Å². The van der Waals surface area contributed by atoms with Crippen molar-refractivity contribution in [3.05, 3.63) is 34.7 Å². The number of thioether (sulfide) groups is 2. The number of phenols is 1. The summed E-state index contributed by atoms with van der Waals surface area (Å²) in [5, 5.41) is 12.8. The average Bonchev–Trinajstić information content (AvgIpc) is 2.84. The third-order valence-electron chi connectivity index (χ3n) is 3.83. The van der Waals surface area contributed by atoms with Crippen molar-refractivity contribution in [2.75, 3.05) is 16.8 Å². The Labute approximate surface area is 153 Å². The first-order chi connectivity index (χ1) is 11.9. The summed E-state index contributed by atoms with van der Waals surface area (Å²) in [4.78, 5) is 33.7. The zero-order chi connectivity index (χ0) is 18.0. The fourth-order valence-electron chi connectivity index (χ4n) is 2.45. The molecule has 0 fully saturated rings. The number of rotatable bonds is 5. The summed E-state index contributed by atoms with van der Waals surface area (Å²) >= 11 is 2.88. The Balaban J connectivity index is 1.50. The molecule has 0 saturated carbocycles. The molecule has 2 aliphatic heterocycles. The highest BCUT2D eigenvalue weighted by molar-refractivity contribution is 8.17. The predicted octanol–water partition coefficient (Wildman–Crippen LogP) is 3.06. The van der Waals surface area contributed by atoms with Gasteiger partial charge < -0.3 is 10.4 Å². The SMILES string of the molecule is CC1=C(C)C2C(=O)N=C(CSCC(=O)Nc3ccc(O)cc3)N=C2S1. The number of aromatic hydroxyl groups is 1. The van der Waals surface area contributed by atoms with Crippen molar-refractivity contribution in [2.45, 2.75) is 13.8 Å². The van der Waals surface area contributed by atoms with E-state index in [-0.39, 0.29) is 29.2 Å². The first-order valence-electron chi connectivity index (χ1n) is 7.66. The van der Waals surface area contributed by atoms with Gasteiger partial charge in [-0.2, -0.15) is 4.99 Å². The Kier molecular flexibility index (Phi) is 5.29. The number of benzene rings is 1. The van der Waals surface area contributed by atoms with E-state index in [2.05, 4.69) is 15.3 Å². The predicted molar refractivity (Wildman–Crippen MR) is 103 cm³/mol. The fourth-order valence-corrected chi connectivity index (χ4v) is 4.26. The molecule has 1 unspecified atom stereocenters. The maximum atomic E-state index is 12.2. The summed E-state index contributed by atoms with van der Waals surface area (Å²) in [6, 6.07) is 6.27. The normalized spacial score (nSPS) is 19.4. The fraction of sp³-hybridized carbons (Fsp3) is 0.294. The Bertz CT molecular complexity index is 813. The van der Waals surface area contributed by atoms with Crippen LogP contribution < -0.4 is 5.32 Å². The van der Waals surface area contributed by atoms with Crippen LogP contribution in [0.3, 0.4) is 0 Å². The number of amides is 2. The lowest BCUT2D eigenvalue weighted by Gasteiger charge is -2.14. The monoisotopic (exact) mass is 375 g/mol. The summed E-state index contributed by atoms with van der Waals surface area (Å²) in [7, 11) is 0. The molecule has 2 aliphatic rings. The molecular weight excluding hydrogens is 358 g/mol. The minimum Gasteiger partial charge on any atom is -0.508 e. The molecular formula is C17H17N3O3S2. The van der Waals surface area contributed by atoms with E-state index in [1.807, 2.05) is 13.8 Å². The van der Waals surface area contributed by atoms with Gasteiger partial charge in [-0.15, -0.1) is 11.8 Å². The topological polar surface area (TPSA) is 91.1 Å². The zero-order valence-electron chi connectivity index (χ0n) is 13.8. The molecule has 3 rings (SSSR count). The number of nitrogens with one attached hydrogen (secondary N) is 1. The van der Waals surface area contributed by atoms with Crippen LogP contribution in [0.5, 0.6) is 5.75 Å². The summed E-state index contributed by atoms with van der Waals surface area (Å²) in [5.74, 6) is 0.610. The molecule has 0 spiro atoms. The van der Waals surface area contributed by atoms with Gasteiger partial charge in [-0.25, -0.2) is 4.99 Å². The molecule has 25 heavy (non-hydrogen) atoms. The van der Waals surface area contributed by atoms with Crippen molar-refractivity contribution < 1.29 is 14.7 Å². The van der Waals surface area contributed by atoms with Crippen LogP contribution in [0.1, 0.15) is 13.8 Å². The van der Waals surface area contributed by atoms with Crippen molar-refractivity contribution in [2.24, 2.45) is 15.9 Å². The third kappa shape index (κ3) is 4.13. The molecule has 1 aromatic rings. The number of fused-ring (bicyclic) bond motifs is 1. The molecule has 1 atom stereocenters. The number of hydrogen-bond acceptors (Lipinski definition) is 6. The van der Waals surface area contributed by atoms with Gasteiger partial charge in [-0.05, 0) is 48.6 Å². The summed E-state index contributed by atoms with van der Waals surface area (Å²) in [5.41, 5.74) is 1.65. The van der Waals surface area contributed by atoms with Gasteiger partial charge in [0.25, 0.3) is 5.91 Å². The second kappa shape index (κ2) is 7.45. The molecule has 8 heteroatoms. The van der Waals surface area contributed by atoms with Crippen molar-refractivity contribution >= 4 is 51.9 Å². The van der Waals surface area contributed by atoms with Crippen LogP contribution in [0.15, 0.2) is 44.7 Å². The lowest BCUT2D eigenvalue weighted by molar-refractivity contribution is -0.118. The van der Waals surface area contributed by atoms with Crippen LogP contribution in [0.25, 0.3) is 0 Å². The maximum Gasteiger partial charge on any atom is 0.261 e. The molecule has 2 amide bonds. The highest BCUT2D eigenvalue weighted by Crippen LogP contribution is 2.40. The van der Waals surface area contributed by atoms with E-state index >= 15 is 0 Å². The molecule has 0 aromatic heterocycles. The highest BCUT2D eigenvalue weighted by atomic mass is 32.2. The summed E-state index contributed by atoms with van der Waals surface area (Å²) < 4.78 is 0. The largest absolute Gasteiger partial charge is 0.508 e. The zero-order valence-corrected chi connectivity index (χ0v) is 15.4. The Morgan fingerprint density at radius 3 is 2.72 bits per heavy atom.